The predicted octanol–water partition coefficient (Wildman–Crippen LogP) is 4.27. The molecule has 0 aromatic heterocycles. The SMILES string of the molecule is COC(CCNC(=O)OCC1c2ccccc2-c2ccccc21)C(=O)Nc1ccc(C(=O)O)cc1. The van der Waals surface area contributed by atoms with Gasteiger partial charge in [0.05, 0.1) is 5.56 Å². The summed E-state index contributed by atoms with van der Waals surface area (Å²) in [5.41, 5.74) is 5.15. The second kappa shape index (κ2) is 10.8. The molecule has 0 heterocycles. The number of fused-ring (bicyclic) bond motifs is 3. The van der Waals surface area contributed by atoms with E-state index in [1.165, 1.54) is 31.4 Å². The third kappa shape index (κ3) is 5.50. The maximum atomic E-state index is 12.5. The molecule has 3 N–H and O–H groups in total. The van der Waals surface area contributed by atoms with E-state index in [9.17, 15) is 14.4 Å². The third-order valence-corrected chi connectivity index (χ3v) is 6.00. The van der Waals surface area contributed by atoms with Crippen LogP contribution in [0.25, 0.3) is 11.1 Å². The number of nitrogens with one attached hydrogen (secondary N) is 2. The fourth-order valence-electron chi connectivity index (χ4n) is 4.23. The van der Waals surface area contributed by atoms with Gasteiger partial charge in [0, 0.05) is 31.7 Å². The highest BCUT2D eigenvalue weighted by Gasteiger charge is 2.29. The van der Waals surface area contributed by atoms with E-state index < -0.39 is 24.1 Å². The molecule has 8 heteroatoms. The number of carbonyl (C=O) groups excluding carboxylic acids is 2. The highest BCUT2D eigenvalue weighted by atomic mass is 16.5. The fraction of sp³-hybridized carbons (Fsp3) is 0.222. The zero-order chi connectivity index (χ0) is 24.8. The number of aromatic carboxylic acids is 1. The Balaban J connectivity index is 1.26. The van der Waals surface area contributed by atoms with Crippen LogP contribution in [0, 0.1) is 0 Å². The number of alkyl carbamates (subject to hydrolysis) is 1. The van der Waals surface area contributed by atoms with E-state index in [4.69, 9.17) is 14.6 Å². The number of carboxylic acids is 1. The minimum absolute atomic E-state index is 0.0295. The van der Waals surface area contributed by atoms with Gasteiger partial charge in [-0.1, -0.05) is 48.5 Å². The van der Waals surface area contributed by atoms with Crippen molar-refractivity contribution in [3.8, 4) is 11.1 Å². The summed E-state index contributed by atoms with van der Waals surface area (Å²) in [5.74, 6) is -1.47. The highest BCUT2D eigenvalue weighted by Crippen LogP contribution is 2.44. The first-order chi connectivity index (χ1) is 17.0. The fourth-order valence-corrected chi connectivity index (χ4v) is 4.23. The summed E-state index contributed by atoms with van der Waals surface area (Å²) in [4.78, 5) is 35.7. The minimum atomic E-state index is -1.04. The van der Waals surface area contributed by atoms with E-state index >= 15 is 0 Å². The molecule has 0 saturated heterocycles. The Kier molecular flexibility index (Phi) is 7.42. The van der Waals surface area contributed by atoms with Gasteiger partial charge in [0.15, 0.2) is 0 Å². The summed E-state index contributed by atoms with van der Waals surface area (Å²) in [7, 11) is 1.41. The van der Waals surface area contributed by atoms with Gasteiger partial charge in [-0.3, -0.25) is 4.79 Å². The van der Waals surface area contributed by atoms with E-state index in [0.29, 0.717) is 5.69 Å². The van der Waals surface area contributed by atoms with Crippen molar-refractivity contribution in [3.05, 3.63) is 89.5 Å². The molecule has 1 aliphatic rings. The number of ether oxygens (including phenoxy) is 2. The molecule has 35 heavy (non-hydrogen) atoms. The van der Waals surface area contributed by atoms with Crippen molar-refractivity contribution >= 4 is 23.7 Å². The summed E-state index contributed by atoms with van der Waals surface area (Å²) < 4.78 is 10.8. The lowest BCUT2D eigenvalue weighted by molar-refractivity contribution is -0.126. The lowest BCUT2D eigenvalue weighted by atomic mass is 9.98. The molecule has 0 saturated carbocycles. The molecule has 2 amide bonds. The van der Waals surface area contributed by atoms with Crippen molar-refractivity contribution in [3.63, 3.8) is 0 Å². The molecule has 1 atom stereocenters. The van der Waals surface area contributed by atoms with Gasteiger partial charge in [0.1, 0.15) is 12.7 Å². The molecule has 0 spiro atoms. The van der Waals surface area contributed by atoms with Gasteiger partial charge in [-0.05, 0) is 46.5 Å². The van der Waals surface area contributed by atoms with Crippen LogP contribution in [0.2, 0.25) is 0 Å². The monoisotopic (exact) mass is 474 g/mol. The van der Waals surface area contributed by atoms with Gasteiger partial charge in [0.2, 0.25) is 0 Å². The van der Waals surface area contributed by atoms with E-state index in [-0.39, 0.29) is 31.1 Å². The molecule has 1 unspecified atom stereocenters. The number of rotatable bonds is 9. The van der Waals surface area contributed by atoms with Crippen molar-refractivity contribution < 1.29 is 29.0 Å². The largest absolute Gasteiger partial charge is 0.478 e. The first-order valence-corrected chi connectivity index (χ1v) is 11.2. The smallest absolute Gasteiger partial charge is 0.407 e. The normalized spacial score (nSPS) is 12.8. The van der Waals surface area contributed by atoms with Gasteiger partial charge >= 0.3 is 12.1 Å². The van der Waals surface area contributed by atoms with Gasteiger partial charge in [0.25, 0.3) is 5.91 Å². The summed E-state index contributed by atoms with van der Waals surface area (Å²) in [5, 5.41) is 14.3. The quantitative estimate of drug-likeness (QED) is 0.427. The van der Waals surface area contributed by atoms with Crippen molar-refractivity contribution in [2.24, 2.45) is 0 Å². The second-order valence-corrected chi connectivity index (χ2v) is 8.14. The molecular formula is C27H26N2O6. The molecule has 4 rings (SSSR count). The van der Waals surface area contributed by atoms with Crippen LogP contribution in [0.5, 0.6) is 0 Å². The lowest BCUT2D eigenvalue weighted by Crippen LogP contribution is -2.35. The average molecular weight is 475 g/mol. The molecule has 0 radical (unpaired) electrons. The summed E-state index contributed by atoms with van der Waals surface area (Å²) >= 11 is 0. The van der Waals surface area contributed by atoms with Crippen LogP contribution in [0.3, 0.4) is 0 Å². The number of benzene rings is 3. The molecule has 0 aliphatic heterocycles. The average Bonchev–Trinajstić information content (AvgIpc) is 3.19. The number of carbonyl (C=O) groups is 3. The zero-order valence-corrected chi connectivity index (χ0v) is 19.2. The van der Waals surface area contributed by atoms with Gasteiger partial charge in [-0.15, -0.1) is 0 Å². The molecule has 8 nitrogen and oxygen atoms in total. The van der Waals surface area contributed by atoms with Crippen LogP contribution in [0.1, 0.15) is 33.8 Å². The van der Waals surface area contributed by atoms with E-state index in [1.807, 2.05) is 24.3 Å². The van der Waals surface area contributed by atoms with Crippen LogP contribution in [-0.2, 0) is 14.3 Å². The Bertz CT molecular complexity index is 1180. The zero-order valence-electron chi connectivity index (χ0n) is 19.2. The number of anilines is 1. The standard InChI is InChI=1S/C27H26N2O6/c1-34-24(25(30)29-18-12-10-17(11-13-18)26(31)32)14-15-28-27(33)35-16-23-21-8-4-2-6-19(21)20-7-3-5-9-22(20)23/h2-13,23-24H,14-16H2,1H3,(H,28,33)(H,29,30)(H,31,32). The lowest BCUT2D eigenvalue weighted by Gasteiger charge is -2.17. The topological polar surface area (TPSA) is 114 Å². The summed E-state index contributed by atoms with van der Waals surface area (Å²) in [6.07, 6.45) is -1.13. The van der Waals surface area contributed by atoms with Gasteiger partial charge in [-0.2, -0.15) is 0 Å². The van der Waals surface area contributed by atoms with Crippen LogP contribution < -0.4 is 10.6 Å². The van der Waals surface area contributed by atoms with Crippen molar-refractivity contribution in [1.82, 2.24) is 5.32 Å². The number of hydrogen-bond acceptors (Lipinski definition) is 5. The number of amides is 2. The molecule has 1 aliphatic carbocycles. The third-order valence-electron chi connectivity index (χ3n) is 6.00. The molecule has 0 bridgehead atoms. The Morgan fingerprint density at radius 1 is 0.914 bits per heavy atom. The molecule has 3 aromatic carbocycles. The maximum absolute atomic E-state index is 12.5. The Morgan fingerprint density at radius 3 is 2.09 bits per heavy atom. The van der Waals surface area contributed by atoms with Crippen LogP contribution in [0.4, 0.5) is 10.5 Å². The van der Waals surface area contributed by atoms with Gasteiger partial charge in [-0.25, -0.2) is 9.59 Å². The van der Waals surface area contributed by atoms with E-state index in [0.717, 1.165) is 22.3 Å². The van der Waals surface area contributed by atoms with Crippen molar-refractivity contribution in [2.75, 3.05) is 25.6 Å². The Morgan fingerprint density at radius 2 is 1.51 bits per heavy atom. The van der Waals surface area contributed by atoms with Crippen LogP contribution in [0.15, 0.2) is 72.8 Å². The van der Waals surface area contributed by atoms with E-state index in [1.54, 1.807) is 0 Å². The van der Waals surface area contributed by atoms with Crippen LogP contribution in [-0.4, -0.2) is 49.4 Å². The summed E-state index contributed by atoms with van der Waals surface area (Å²) in [6, 6.07) is 22.0. The number of methoxy groups -OCH3 is 1. The Hall–Kier alpha value is -4.17. The predicted molar refractivity (Wildman–Crippen MR) is 131 cm³/mol. The minimum Gasteiger partial charge on any atom is -0.478 e. The molecule has 0 fully saturated rings. The van der Waals surface area contributed by atoms with Crippen molar-refractivity contribution in [1.29, 1.82) is 0 Å². The van der Waals surface area contributed by atoms with Crippen molar-refractivity contribution in [2.45, 2.75) is 18.4 Å². The second-order valence-electron chi connectivity index (χ2n) is 8.14. The first-order valence-electron chi connectivity index (χ1n) is 11.2. The molecule has 180 valence electrons. The maximum Gasteiger partial charge on any atom is 0.407 e. The molecular weight excluding hydrogens is 448 g/mol. The highest BCUT2D eigenvalue weighted by molar-refractivity contribution is 5.95. The van der Waals surface area contributed by atoms with Gasteiger partial charge < -0.3 is 25.2 Å². The van der Waals surface area contributed by atoms with E-state index in [2.05, 4.69) is 34.9 Å². The summed E-state index contributed by atoms with van der Waals surface area (Å²) in [6.45, 7) is 0.390. The number of carboxylic acid groups (broad SMARTS) is 1. The number of hydrogen-bond donors (Lipinski definition) is 3. The first kappa shape index (κ1) is 24.0. The van der Waals surface area contributed by atoms with Crippen LogP contribution >= 0.6 is 0 Å². The molecule has 3 aromatic rings. The Labute approximate surface area is 202 Å².